The lowest BCUT2D eigenvalue weighted by Gasteiger charge is -2.29. The van der Waals surface area contributed by atoms with Gasteiger partial charge in [0.05, 0.1) is 0 Å². The summed E-state index contributed by atoms with van der Waals surface area (Å²) in [6, 6.07) is 12.2. The number of rotatable bonds is 6. The van der Waals surface area contributed by atoms with E-state index in [4.69, 9.17) is 10.3 Å². The minimum atomic E-state index is 0.101. The highest BCUT2D eigenvalue weighted by Gasteiger charge is 2.27. The Bertz CT molecular complexity index is 683. The zero-order valence-corrected chi connectivity index (χ0v) is 14.9. The molecule has 2 N–H and O–H groups in total. The van der Waals surface area contributed by atoms with E-state index in [1.54, 1.807) is 0 Å². The van der Waals surface area contributed by atoms with E-state index in [2.05, 4.69) is 5.16 Å². The van der Waals surface area contributed by atoms with Gasteiger partial charge in [-0.2, -0.15) is 0 Å². The molecule has 2 atom stereocenters. The van der Waals surface area contributed by atoms with E-state index in [1.165, 1.54) is 0 Å². The zero-order chi connectivity index (χ0) is 17.6. The van der Waals surface area contributed by atoms with Gasteiger partial charge in [0, 0.05) is 43.6 Å². The molecule has 2 aromatic rings. The van der Waals surface area contributed by atoms with Crippen molar-refractivity contribution in [3.8, 4) is 11.3 Å². The standard InChI is InChI=1S/C20H27N3O2/c1-23(20(24)16-9-5-10-17(21)13-16)12-6-11-18-14-19(22-25-18)15-7-3-2-4-8-15/h2-4,7-8,14,16-17H,5-6,9-13,21H2,1H3. The van der Waals surface area contributed by atoms with Crippen LogP contribution >= 0.6 is 0 Å². The Morgan fingerprint density at radius 1 is 1.32 bits per heavy atom. The van der Waals surface area contributed by atoms with Gasteiger partial charge in [0.15, 0.2) is 0 Å². The Balaban J connectivity index is 1.46. The molecular formula is C20H27N3O2. The maximum absolute atomic E-state index is 12.5. The van der Waals surface area contributed by atoms with Gasteiger partial charge in [-0.3, -0.25) is 4.79 Å². The molecule has 1 aromatic carbocycles. The minimum absolute atomic E-state index is 0.101. The van der Waals surface area contributed by atoms with Crippen molar-refractivity contribution in [2.75, 3.05) is 13.6 Å². The summed E-state index contributed by atoms with van der Waals surface area (Å²) in [6.07, 6.45) is 5.55. The Labute approximate surface area is 149 Å². The van der Waals surface area contributed by atoms with Crippen LogP contribution < -0.4 is 5.73 Å². The molecule has 5 heteroatoms. The zero-order valence-electron chi connectivity index (χ0n) is 14.9. The SMILES string of the molecule is CN(CCCc1cc(-c2ccccc2)no1)C(=O)C1CCCC(N)C1. The van der Waals surface area contributed by atoms with E-state index in [0.717, 1.165) is 62.1 Å². The Hall–Kier alpha value is -2.14. The highest BCUT2D eigenvalue weighted by atomic mass is 16.5. The molecule has 0 saturated heterocycles. The Morgan fingerprint density at radius 3 is 2.88 bits per heavy atom. The van der Waals surface area contributed by atoms with Crippen molar-refractivity contribution in [2.45, 2.75) is 44.6 Å². The maximum atomic E-state index is 12.5. The molecule has 134 valence electrons. The number of aromatic nitrogens is 1. The molecule has 2 unspecified atom stereocenters. The number of benzene rings is 1. The van der Waals surface area contributed by atoms with Gasteiger partial charge in [-0.25, -0.2) is 0 Å². The fraction of sp³-hybridized carbons (Fsp3) is 0.500. The van der Waals surface area contributed by atoms with E-state index in [9.17, 15) is 4.79 Å². The van der Waals surface area contributed by atoms with E-state index in [0.29, 0.717) is 0 Å². The van der Waals surface area contributed by atoms with Gasteiger partial charge in [0.2, 0.25) is 5.91 Å². The van der Waals surface area contributed by atoms with E-state index >= 15 is 0 Å². The second-order valence-electron chi connectivity index (χ2n) is 7.03. The molecule has 0 bridgehead atoms. The number of carbonyl (C=O) groups is 1. The summed E-state index contributed by atoms with van der Waals surface area (Å²) in [6.45, 7) is 0.728. The molecule has 0 spiro atoms. The summed E-state index contributed by atoms with van der Waals surface area (Å²) in [5, 5.41) is 4.13. The van der Waals surface area contributed by atoms with Gasteiger partial charge in [0.1, 0.15) is 11.5 Å². The predicted octanol–water partition coefficient (Wildman–Crippen LogP) is 3.25. The lowest BCUT2D eigenvalue weighted by atomic mass is 9.85. The van der Waals surface area contributed by atoms with Crippen LogP contribution in [0.3, 0.4) is 0 Å². The Morgan fingerprint density at radius 2 is 2.12 bits per heavy atom. The Kier molecular flexibility index (Phi) is 5.87. The van der Waals surface area contributed by atoms with Gasteiger partial charge in [-0.1, -0.05) is 41.9 Å². The second-order valence-corrected chi connectivity index (χ2v) is 7.03. The first kappa shape index (κ1) is 17.7. The third-order valence-electron chi connectivity index (χ3n) is 4.99. The smallest absolute Gasteiger partial charge is 0.225 e. The first-order valence-corrected chi connectivity index (χ1v) is 9.15. The molecular weight excluding hydrogens is 314 g/mol. The number of amides is 1. The molecule has 1 aliphatic carbocycles. The lowest BCUT2D eigenvalue weighted by molar-refractivity contribution is -0.135. The van der Waals surface area contributed by atoms with Crippen molar-refractivity contribution in [3.05, 3.63) is 42.2 Å². The monoisotopic (exact) mass is 341 g/mol. The summed E-state index contributed by atoms with van der Waals surface area (Å²) < 4.78 is 5.42. The molecule has 0 aliphatic heterocycles. The number of hydrogen-bond donors (Lipinski definition) is 1. The van der Waals surface area contributed by atoms with Crippen LogP contribution in [0.2, 0.25) is 0 Å². The summed E-state index contributed by atoms with van der Waals surface area (Å²) >= 11 is 0. The van der Waals surface area contributed by atoms with Crippen LogP contribution in [0.4, 0.5) is 0 Å². The van der Waals surface area contributed by atoms with Crippen LogP contribution in [0.1, 0.15) is 37.9 Å². The van der Waals surface area contributed by atoms with Gasteiger partial charge >= 0.3 is 0 Å². The summed E-state index contributed by atoms with van der Waals surface area (Å²) in [4.78, 5) is 14.4. The van der Waals surface area contributed by atoms with Crippen molar-refractivity contribution in [1.29, 1.82) is 0 Å². The summed E-state index contributed by atoms with van der Waals surface area (Å²) in [7, 11) is 1.89. The van der Waals surface area contributed by atoms with Gasteiger partial charge < -0.3 is 15.2 Å². The number of nitrogens with two attached hydrogens (primary N) is 1. The van der Waals surface area contributed by atoms with Crippen LogP contribution in [-0.4, -0.2) is 35.6 Å². The number of carbonyl (C=O) groups excluding carboxylic acids is 1. The van der Waals surface area contributed by atoms with Crippen LogP contribution in [-0.2, 0) is 11.2 Å². The quantitative estimate of drug-likeness (QED) is 0.875. The highest BCUT2D eigenvalue weighted by molar-refractivity contribution is 5.78. The van der Waals surface area contributed by atoms with E-state index in [1.807, 2.05) is 48.3 Å². The maximum Gasteiger partial charge on any atom is 0.225 e. The second kappa shape index (κ2) is 8.30. The van der Waals surface area contributed by atoms with Crippen molar-refractivity contribution >= 4 is 5.91 Å². The lowest BCUT2D eigenvalue weighted by Crippen LogP contribution is -2.39. The molecule has 5 nitrogen and oxygen atoms in total. The largest absolute Gasteiger partial charge is 0.361 e. The molecule has 25 heavy (non-hydrogen) atoms. The predicted molar refractivity (Wildman–Crippen MR) is 97.8 cm³/mol. The van der Waals surface area contributed by atoms with Gasteiger partial charge in [-0.05, 0) is 25.7 Å². The number of nitrogens with zero attached hydrogens (tertiary/aromatic N) is 2. The average Bonchev–Trinajstić information content (AvgIpc) is 3.10. The molecule has 3 rings (SSSR count). The average molecular weight is 341 g/mol. The van der Waals surface area contributed by atoms with Crippen molar-refractivity contribution < 1.29 is 9.32 Å². The minimum Gasteiger partial charge on any atom is -0.361 e. The van der Waals surface area contributed by atoms with Crippen LogP contribution in [0.25, 0.3) is 11.3 Å². The van der Waals surface area contributed by atoms with Crippen LogP contribution in [0, 0.1) is 5.92 Å². The number of aryl methyl sites for hydroxylation is 1. The fourth-order valence-electron chi connectivity index (χ4n) is 3.54. The molecule has 1 fully saturated rings. The molecule has 1 saturated carbocycles. The molecule has 1 amide bonds. The third kappa shape index (κ3) is 4.69. The van der Waals surface area contributed by atoms with Crippen molar-refractivity contribution in [2.24, 2.45) is 11.7 Å². The fourth-order valence-corrected chi connectivity index (χ4v) is 3.54. The molecule has 1 aromatic heterocycles. The molecule has 1 heterocycles. The summed E-state index contributed by atoms with van der Waals surface area (Å²) in [5.41, 5.74) is 7.91. The number of hydrogen-bond acceptors (Lipinski definition) is 4. The topological polar surface area (TPSA) is 72.4 Å². The van der Waals surface area contributed by atoms with Gasteiger partial charge in [-0.15, -0.1) is 0 Å². The first-order valence-electron chi connectivity index (χ1n) is 9.15. The summed E-state index contributed by atoms with van der Waals surface area (Å²) in [5.74, 6) is 1.20. The molecule has 0 radical (unpaired) electrons. The van der Waals surface area contributed by atoms with E-state index < -0.39 is 0 Å². The van der Waals surface area contributed by atoms with Crippen molar-refractivity contribution in [3.63, 3.8) is 0 Å². The van der Waals surface area contributed by atoms with E-state index in [-0.39, 0.29) is 17.9 Å². The third-order valence-corrected chi connectivity index (χ3v) is 4.99. The highest BCUT2D eigenvalue weighted by Crippen LogP contribution is 2.25. The van der Waals surface area contributed by atoms with Crippen molar-refractivity contribution in [1.82, 2.24) is 10.1 Å². The molecule has 1 aliphatic rings. The van der Waals surface area contributed by atoms with Gasteiger partial charge in [0.25, 0.3) is 0 Å². The van der Waals surface area contributed by atoms with Crippen LogP contribution in [0.15, 0.2) is 40.9 Å². The normalized spacial score (nSPS) is 20.4. The first-order chi connectivity index (χ1) is 12.1. The van der Waals surface area contributed by atoms with Crippen LogP contribution in [0.5, 0.6) is 0 Å².